The van der Waals surface area contributed by atoms with Crippen LogP contribution in [0.5, 0.6) is 0 Å². The van der Waals surface area contributed by atoms with Crippen molar-refractivity contribution in [3.63, 3.8) is 0 Å². The topological polar surface area (TPSA) is 83.7 Å². The summed E-state index contributed by atoms with van der Waals surface area (Å²) in [4.78, 5) is 2.81. The number of nitrogen functional groups attached to an aromatic ring is 2. The molecule has 1 heterocycles. The van der Waals surface area contributed by atoms with Gasteiger partial charge in [-0.05, 0) is 12.1 Å². The molecule has 2 aromatic rings. The number of para-hydroxylation sites is 2. The maximum Gasteiger partial charge on any atom is 0.352 e. The molecule has 0 bridgehead atoms. The van der Waals surface area contributed by atoms with Gasteiger partial charge in [-0.25, -0.2) is 9.55 Å². The van der Waals surface area contributed by atoms with Crippen LogP contribution in [0.1, 0.15) is 13.8 Å². The van der Waals surface area contributed by atoms with Crippen molar-refractivity contribution in [1.29, 1.82) is 0 Å². The number of aromatic amines is 1. The van der Waals surface area contributed by atoms with E-state index in [1.54, 1.807) is 10.8 Å². The molecule has 100 valence electrons. The highest BCUT2D eigenvalue weighted by molar-refractivity contribution is 5.65. The van der Waals surface area contributed by atoms with Crippen LogP contribution in [0.15, 0.2) is 36.7 Å². The molecule has 1 aromatic heterocycles. The quantitative estimate of drug-likeness (QED) is 0.459. The summed E-state index contributed by atoms with van der Waals surface area (Å²) in [5.41, 5.74) is 12.7. The average Bonchev–Trinajstić information content (AvgIpc) is 2.78. The Morgan fingerprint density at radius 3 is 2.06 bits per heavy atom. The Morgan fingerprint density at radius 1 is 1.17 bits per heavy atom. The molecule has 6 N–H and O–H groups in total. The second kappa shape index (κ2) is 8.92. The molecule has 0 aliphatic rings. The first-order valence-electron chi connectivity index (χ1n) is 5.96. The van der Waals surface area contributed by atoms with Gasteiger partial charge in [-0.1, -0.05) is 26.0 Å². The van der Waals surface area contributed by atoms with Crippen molar-refractivity contribution in [2.24, 2.45) is 7.05 Å². The zero-order valence-electron chi connectivity index (χ0n) is 11.6. The number of nitrogens with zero attached hydrogens (tertiary/aromatic N) is 1. The van der Waals surface area contributed by atoms with Crippen molar-refractivity contribution in [2.75, 3.05) is 23.8 Å². The van der Waals surface area contributed by atoms with Gasteiger partial charge in [0.2, 0.25) is 0 Å². The molecule has 0 unspecified atom stereocenters. The van der Waals surface area contributed by atoms with Crippen LogP contribution in [0.2, 0.25) is 0 Å². The maximum absolute atomic E-state index is 5.57. The van der Waals surface area contributed by atoms with Crippen LogP contribution in [0.3, 0.4) is 0 Å². The van der Waals surface area contributed by atoms with Crippen molar-refractivity contribution < 1.29 is 4.57 Å². The molecule has 0 saturated heterocycles. The lowest BCUT2D eigenvalue weighted by molar-refractivity contribution is -0.655. The van der Waals surface area contributed by atoms with E-state index in [2.05, 4.69) is 10.3 Å². The van der Waals surface area contributed by atoms with Crippen LogP contribution in [0, 0.1) is 0 Å². The number of imidazole rings is 1. The van der Waals surface area contributed by atoms with Crippen molar-refractivity contribution in [3.05, 3.63) is 36.7 Å². The van der Waals surface area contributed by atoms with Gasteiger partial charge in [0.05, 0.1) is 30.8 Å². The van der Waals surface area contributed by atoms with E-state index in [0.717, 1.165) is 11.4 Å². The third kappa shape index (κ3) is 5.25. The van der Waals surface area contributed by atoms with Gasteiger partial charge >= 0.3 is 5.95 Å². The molecule has 0 spiro atoms. The van der Waals surface area contributed by atoms with Crippen LogP contribution in [0.4, 0.5) is 17.3 Å². The molecule has 2 rings (SSSR count). The summed E-state index contributed by atoms with van der Waals surface area (Å²) in [5, 5.41) is 2.97. The molecule has 0 aliphatic heterocycles. The molecule has 0 fully saturated rings. The standard InChI is InChI=1S/C7H10N2.C4H7N3.C2H6/c1-9-7-5-3-2-4-6(7)8;1-7-3-2-6-4(7)5;1-2/h2-5,9H,8H2,1H3;2-3H,1H3,(H2,5,6);1-2H3/p+1. The summed E-state index contributed by atoms with van der Waals surface area (Å²) in [6.07, 6.45) is 3.64. The Morgan fingerprint density at radius 2 is 1.78 bits per heavy atom. The normalized spacial score (nSPS) is 8.44. The molecule has 0 aliphatic carbocycles. The molecule has 18 heavy (non-hydrogen) atoms. The summed E-state index contributed by atoms with van der Waals surface area (Å²) in [5.74, 6) is 0.681. The van der Waals surface area contributed by atoms with Gasteiger partial charge in [-0.2, -0.15) is 0 Å². The lowest BCUT2D eigenvalue weighted by Gasteiger charge is -2.01. The van der Waals surface area contributed by atoms with Gasteiger partial charge in [0.15, 0.2) is 0 Å². The first-order chi connectivity index (χ1) is 8.65. The fourth-order valence-corrected chi connectivity index (χ4v) is 1.14. The molecular formula is C13H24N5+. The summed E-state index contributed by atoms with van der Waals surface area (Å²) in [7, 11) is 3.73. The number of hydrogen-bond donors (Lipinski definition) is 4. The van der Waals surface area contributed by atoms with E-state index in [9.17, 15) is 0 Å². The zero-order valence-corrected chi connectivity index (χ0v) is 11.6. The monoisotopic (exact) mass is 250 g/mol. The minimum Gasteiger partial charge on any atom is -0.397 e. The zero-order chi connectivity index (χ0) is 14.0. The van der Waals surface area contributed by atoms with Crippen LogP contribution in [-0.2, 0) is 7.05 Å². The highest BCUT2D eigenvalue weighted by Crippen LogP contribution is 2.14. The van der Waals surface area contributed by atoms with Gasteiger partial charge in [0.25, 0.3) is 0 Å². The Kier molecular flexibility index (Phi) is 7.85. The fourth-order valence-electron chi connectivity index (χ4n) is 1.14. The number of rotatable bonds is 1. The molecule has 1 aromatic carbocycles. The number of aromatic nitrogens is 2. The summed E-state index contributed by atoms with van der Waals surface area (Å²) in [6.45, 7) is 4.00. The molecule has 0 atom stereocenters. The van der Waals surface area contributed by atoms with E-state index in [1.807, 2.05) is 58.4 Å². The molecule has 0 amide bonds. The molecule has 5 nitrogen and oxygen atoms in total. The van der Waals surface area contributed by atoms with Crippen LogP contribution < -0.4 is 21.4 Å². The Hall–Kier alpha value is -2.17. The number of benzene rings is 1. The van der Waals surface area contributed by atoms with Crippen molar-refractivity contribution >= 4 is 17.3 Å². The molecular weight excluding hydrogens is 226 g/mol. The minimum atomic E-state index is 0.681. The predicted molar refractivity (Wildman–Crippen MR) is 78.1 cm³/mol. The first-order valence-corrected chi connectivity index (χ1v) is 5.96. The molecule has 0 radical (unpaired) electrons. The van der Waals surface area contributed by atoms with E-state index in [0.29, 0.717) is 5.95 Å². The van der Waals surface area contributed by atoms with Crippen LogP contribution in [-0.4, -0.2) is 12.0 Å². The van der Waals surface area contributed by atoms with E-state index in [-0.39, 0.29) is 0 Å². The number of nitrogens with two attached hydrogens (primary N) is 2. The van der Waals surface area contributed by atoms with Crippen LogP contribution in [0.25, 0.3) is 0 Å². The molecule has 0 saturated carbocycles. The van der Waals surface area contributed by atoms with Gasteiger partial charge in [-0.3, -0.25) is 5.73 Å². The number of nitrogens with one attached hydrogen (secondary N) is 2. The van der Waals surface area contributed by atoms with Gasteiger partial charge in [0.1, 0.15) is 0 Å². The SMILES string of the molecule is CC.CNc1ccccc1N.C[n+]1cc[nH]c1N. The maximum atomic E-state index is 5.57. The van der Waals surface area contributed by atoms with Gasteiger partial charge in [-0.15, -0.1) is 0 Å². The Bertz CT molecular complexity index is 420. The number of H-pyrrole nitrogens is 1. The Labute approximate surface area is 109 Å². The van der Waals surface area contributed by atoms with Gasteiger partial charge in [0, 0.05) is 7.05 Å². The largest absolute Gasteiger partial charge is 0.397 e. The van der Waals surface area contributed by atoms with Crippen molar-refractivity contribution in [3.8, 4) is 0 Å². The van der Waals surface area contributed by atoms with Gasteiger partial charge < -0.3 is 11.1 Å². The van der Waals surface area contributed by atoms with E-state index >= 15 is 0 Å². The number of aryl methyl sites for hydroxylation is 1. The minimum absolute atomic E-state index is 0.681. The smallest absolute Gasteiger partial charge is 0.352 e. The summed E-state index contributed by atoms with van der Waals surface area (Å²) in [6, 6.07) is 7.67. The molecule has 5 heteroatoms. The highest BCUT2D eigenvalue weighted by Gasteiger charge is 1.93. The second-order valence-corrected chi connectivity index (χ2v) is 3.29. The lowest BCUT2D eigenvalue weighted by atomic mass is 10.3. The first kappa shape index (κ1) is 15.8. The second-order valence-electron chi connectivity index (χ2n) is 3.29. The summed E-state index contributed by atoms with van der Waals surface area (Å²) >= 11 is 0. The van der Waals surface area contributed by atoms with Crippen molar-refractivity contribution in [1.82, 2.24) is 4.98 Å². The highest BCUT2D eigenvalue weighted by atomic mass is 15.1. The third-order valence-electron chi connectivity index (χ3n) is 2.14. The lowest BCUT2D eigenvalue weighted by Crippen LogP contribution is -2.28. The van der Waals surface area contributed by atoms with E-state index < -0.39 is 0 Å². The van der Waals surface area contributed by atoms with Crippen molar-refractivity contribution in [2.45, 2.75) is 13.8 Å². The van der Waals surface area contributed by atoms with Crippen LogP contribution >= 0.6 is 0 Å². The average molecular weight is 250 g/mol. The Balaban J connectivity index is 0.000000289. The number of hydrogen-bond acceptors (Lipinski definition) is 3. The summed E-state index contributed by atoms with van der Waals surface area (Å²) < 4.78 is 1.81. The van der Waals surface area contributed by atoms with E-state index in [1.165, 1.54) is 0 Å². The number of anilines is 3. The van der Waals surface area contributed by atoms with E-state index in [4.69, 9.17) is 11.5 Å². The third-order valence-corrected chi connectivity index (χ3v) is 2.14. The fraction of sp³-hybridized carbons (Fsp3) is 0.308. The predicted octanol–water partition coefficient (Wildman–Crippen LogP) is 1.76.